The van der Waals surface area contributed by atoms with Crippen LogP contribution in [0.25, 0.3) is 0 Å². The monoisotopic (exact) mass is 424 g/mol. The van der Waals surface area contributed by atoms with Crippen molar-refractivity contribution in [1.29, 1.82) is 0 Å². The lowest BCUT2D eigenvalue weighted by atomic mass is 9.79. The molecule has 3 aliphatic rings. The van der Waals surface area contributed by atoms with Gasteiger partial charge in [0.05, 0.1) is 19.1 Å². The molecular weight excluding hydrogens is 384 g/mol. The number of ether oxygens (including phenoxy) is 2. The third-order valence-electron chi connectivity index (χ3n) is 6.49. The average Bonchev–Trinajstić information content (AvgIpc) is 3.43. The number of urea groups is 1. The van der Waals surface area contributed by atoms with Crippen LogP contribution in [0.5, 0.6) is 0 Å². The van der Waals surface area contributed by atoms with Crippen molar-refractivity contribution in [1.82, 2.24) is 20.4 Å². The lowest BCUT2D eigenvalue weighted by molar-refractivity contribution is -0.188. The second-order valence-electron chi connectivity index (χ2n) is 9.49. The van der Waals surface area contributed by atoms with Gasteiger partial charge in [0.15, 0.2) is 5.79 Å². The van der Waals surface area contributed by atoms with E-state index in [1.807, 2.05) is 26.0 Å². The van der Waals surface area contributed by atoms with Crippen molar-refractivity contribution in [3.63, 3.8) is 0 Å². The van der Waals surface area contributed by atoms with E-state index in [4.69, 9.17) is 9.47 Å². The molecule has 0 aromatic carbocycles. The molecule has 8 heteroatoms. The van der Waals surface area contributed by atoms with Crippen molar-refractivity contribution < 1.29 is 19.1 Å². The van der Waals surface area contributed by atoms with Crippen LogP contribution in [0.3, 0.4) is 0 Å². The van der Waals surface area contributed by atoms with Crippen LogP contribution >= 0.6 is 0 Å². The van der Waals surface area contributed by atoms with Gasteiger partial charge in [0, 0.05) is 39.0 Å². The van der Waals surface area contributed by atoms with Crippen molar-refractivity contribution in [2.45, 2.75) is 50.7 Å². The van der Waals surface area contributed by atoms with E-state index in [2.05, 4.69) is 10.6 Å². The zero-order valence-corrected chi connectivity index (χ0v) is 19.0. The summed E-state index contributed by atoms with van der Waals surface area (Å²) < 4.78 is 11.8. The number of carbonyl (C=O) groups excluding carboxylic acids is 2. The minimum absolute atomic E-state index is 0.0496. The fourth-order valence-electron chi connectivity index (χ4n) is 4.72. The van der Waals surface area contributed by atoms with Gasteiger partial charge in [0.2, 0.25) is 5.91 Å². The molecule has 0 bridgehead atoms. The second kappa shape index (κ2) is 10.9. The molecule has 8 nitrogen and oxygen atoms in total. The molecule has 3 fully saturated rings. The highest BCUT2D eigenvalue weighted by molar-refractivity contribution is 5.95. The van der Waals surface area contributed by atoms with Crippen molar-refractivity contribution in [3.8, 4) is 0 Å². The predicted molar refractivity (Wildman–Crippen MR) is 115 cm³/mol. The first-order valence-electron chi connectivity index (χ1n) is 11.6. The van der Waals surface area contributed by atoms with Crippen molar-refractivity contribution in [2.24, 2.45) is 17.8 Å². The van der Waals surface area contributed by atoms with Gasteiger partial charge in [0.25, 0.3) is 0 Å². The summed E-state index contributed by atoms with van der Waals surface area (Å²) in [5, 5.41) is 6.10. The maximum atomic E-state index is 13.5. The van der Waals surface area contributed by atoms with Gasteiger partial charge in [-0.1, -0.05) is 6.42 Å². The first-order valence-corrected chi connectivity index (χ1v) is 11.6. The van der Waals surface area contributed by atoms with Crippen molar-refractivity contribution >= 4 is 11.9 Å². The number of carbonyl (C=O) groups is 2. The van der Waals surface area contributed by atoms with E-state index in [-0.39, 0.29) is 17.9 Å². The summed E-state index contributed by atoms with van der Waals surface area (Å²) in [5.74, 6) is 0.134. The first-order chi connectivity index (χ1) is 14.4. The van der Waals surface area contributed by atoms with Gasteiger partial charge >= 0.3 is 6.03 Å². The van der Waals surface area contributed by atoms with E-state index >= 15 is 0 Å². The van der Waals surface area contributed by atoms with E-state index in [9.17, 15) is 9.59 Å². The minimum Gasteiger partial charge on any atom is -0.348 e. The Morgan fingerprint density at radius 3 is 2.50 bits per heavy atom. The highest BCUT2D eigenvalue weighted by atomic mass is 16.7. The highest BCUT2D eigenvalue weighted by Crippen LogP contribution is 2.41. The highest BCUT2D eigenvalue weighted by Gasteiger charge is 2.43. The molecule has 0 unspecified atom stereocenters. The standard InChI is InChI=1S/C22H40N4O4/c1-23-15-19(13-18-5-4-8-22(14-18)29-11-12-30-22)20(27)26(16-17-6-7-17)21(28)24-9-10-25(2)3/h17-19,23H,4-16H2,1-3H3,(H,24,28)/t18-,19-/m1/s1. The Morgan fingerprint density at radius 2 is 1.87 bits per heavy atom. The summed E-state index contributed by atoms with van der Waals surface area (Å²) in [6.07, 6.45) is 6.90. The molecular formula is C22H40N4O4. The molecule has 2 atom stereocenters. The number of likely N-dealkylation sites (N-methyl/N-ethyl adjacent to an activating group) is 1. The van der Waals surface area contributed by atoms with Crippen LogP contribution in [-0.2, 0) is 14.3 Å². The van der Waals surface area contributed by atoms with Gasteiger partial charge in [-0.2, -0.15) is 0 Å². The Hall–Kier alpha value is -1.22. The molecule has 2 saturated carbocycles. The number of amides is 3. The lowest BCUT2D eigenvalue weighted by Crippen LogP contribution is -2.50. The molecule has 0 radical (unpaired) electrons. The average molecular weight is 425 g/mol. The van der Waals surface area contributed by atoms with Crippen LogP contribution in [0.2, 0.25) is 0 Å². The molecule has 0 aromatic heterocycles. The van der Waals surface area contributed by atoms with Crippen LogP contribution in [0, 0.1) is 17.8 Å². The van der Waals surface area contributed by atoms with E-state index in [0.29, 0.717) is 44.7 Å². The van der Waals surface area contributed by atoms with Crippen LogP contribution < -0.4 is 10.6 Å². The van der Waals surface area contributed by atoms with E-state index in [1.165, 1.54) is 4.90 Å². The molecule has 30 heavy (non-hydrogen) atoms. The lowest BCUT2D eigenvalue weighted by Gasteiger charge is -2.37. The van der Waals surface area contributed by atoms with Gasteiger partial charge in [-0.25, -0.2) is 4.79 Å². The summed E-state index contributed by atoms with van der Waals surface area (Å²) >= 11 is 0. The second-order valence-corrected chi connectivity index (χ2v) is 9.49. The zero-order valence-electron chi connectivity index (χ0n) is 19.0. The summed E-state index contributed by atoms with van der Waals surface area (Å²) in [5.41, 5.74) is 0. The summed E-state index contributed by atoms with van der Waals surface area (Å²) in [4.78, 5) is 29.8. The summed E-state index contributed by atoms with van der Waals surface area (Å²) in [7, 11) is 5.81. The Kier molecular flexibility index (Phi) is 8.51. The molecule has 2 aliphatic carbocycles. The normalized spacial score (nSPS) is 24.2. The SMILES string of the molecule is CNC[C@@H](C[C@H]1CCCC2(C1)OCCO2)C(=O)N(CC1CC1)C(=O)NCCN(C)C. The Bertz CT molecular complexity index is 575. The van der Waals surface area contributed by atoms with E-state index < -0.39 is 5.79 Å². The minimum atomic E-state index is -0.437. The Balaban J connectivity index is 1.62. The third-order valence-corrected chi connectivity index (χ3v) is 6.49. The number of nitrogens with one attached hydrogen (secondary N) is 2. The molecule has 172 valence electrons. The van der Waals surface area contributed by atoms with Gasteiger partial charge in [0.1, 0.15) is 0 Å². The number of hydrogen-bond acceptors (Lipinski definition) is 6. The molecule has 2 N–H and O–H groups in total. The van der Waals surface area contributed by atoms with Crippen LogP contribution in [-0.4, -0.2) is 88.1 Å². The fraction of sp³-hybridized carbons (Fsp3) is 0.909. The topological polar surface area (TPSA) is 83.1 Å². The first kappa shape index (κ1) is 23.4. The maximum absolute atomic E-state index is 13.5. The van der Waals surface area contributed by atoms with E-state index in [1.54, 1.807) is 0 Å². The quantitative estimate of drug-likeness (QED) is 0.555. The third kappa shape index (κ3) is 6.64. The van der Waals surface area contributed by atoms with Gasteiger partial charge in [-0.05, 0) is 58.7 Å². The number of nitrogens with zero attached hydrogens (tertiary/aromatic N) is 2. The predicted octanol–water partition coefficient (Wildman–Crippen LogP) is 1.66. The molecule has 1 heterocycles. The van der Waals surface area contributed by atoms with Crippen molar-refractivity contribution in [2.75, 3.05) is 60.5 Å². The number of rotatable bonds is 10. The Morgan fingerprint density at radius 1 is 1.13 bits per heavy atom. The van der Waals surface area contributed by atoms with Crippen LogP contribution in [0.4, 0.5) is 4.79 Å². The summed E-state index contributed by atoms with van der Waals surface area (Å²) in [6, 6.07) is -0.252. The Labute approximate surface area is 181 Å². The van der Waals surface area contributed by atoms with E-state index in [0.717, 1.165) is 51.5 Å². The molecule has 1 spiro atoms. The van der Waals surface area contributed by atoms with Crippen LogP contribution in [0.15, 0.2) is 0 Å². The fourth-order valence-corrected chi connectivity index (χ4v) is 4.72. The maximum Gasteiger partial charge on any atom is 0.324 e. The molecule has 1 aliphatic heterocycles. The number of hydrogen-bond donors (Lipinski definition) is 2. The van der Waals surface area contributed by atoms with Gasteiger partial charge < -0.3 is 25.0 Å². The number of imide groups is 1. The summed E-state index contributed by atoms with van der Waals surface area (Å²) in [6.45, 7) is 3.73. The smallest absolute Gasteiger partial charge is 0.324 e. The molecule has 3 rings (SSSR count). The molecule has 0 aromatic rings. The van der Waals surface area contributed by atoms with Gasteiger partial charge in [-0.15, -0.1) is 0 Å². The molecule has 3 amide bonds. The van der Waals surface area contributed by atoms with Gasteiger partial charge in [-0.3, -0.25) is 9.69 Å². The van der Waals surface area contributed by atoms with Crippen LogP contribution in [0.1, 0.15) is 44.9 Å². The zero-order chi connectivity index (χ0) is 21.6. The largest absolute Gasteiger partial charge is 0.348 e. The van der Waals surface area contributed by atoms with Crippen molar-refractivity contribution in [3.05, 3.63) is 0 Å². The molecule has 1 saturated heterocycles.